The first-order valence-electron chi connectivity index (χ1n) is 4.60. The van der Waals surface area contributed by atoms with E-state index >= 15 is 0 Å². The van der Waals surface area contributed by atoms with Gasteiger partial charge in [-0.1, -0.05) is 18.0 Å². The smallest absolute Gasteiger partial charge is 0.0573 e. The van der Waals surface area contributed by atoms with Gasteiger partial charge in [0.2, 0.25) is 0 Å². The minimum atomic E-state index is 0.856. The van der Waals surface area contributed by atoms with Crippen molar-refractivity contribution in [3.8, 4) is 0 Å². The zero-order valence-electron chi connectivity index (χ0n) is 6.79. The van der Waals surface area contributed by atoms with E-state index in [0.29, 0.717) is 0 Å². The first-order chi connectivity index (χ1) is 5.40. The molecule has 11 heavy (non-hydrogen) atoms. The maximum Gasteiger partial charge on any atom is 0.0573 e. The third-order valence-electron chi connectivity index (χ3n) is 3.26. The molecule has 2 heteroatoms. The normalized spacial score (nSPS) is 40.9. The van der Waals surface area contributed by atoms with Gasteiger partial charge in [0.25, 0.3) is 0 Å². The van der Waals surface area contributed by atoms with Gasteiger partial charge in [0.1, 0.15) is 0 Å². The van der Waals surface area contributed by atoms with Crippen molar-refractivity contribution in [2.24, 2.45) is 17.0 Å². The molecule has 0 saturated heterocycles. The summed E-state index contributed by atoms with van der Waals surface area (Å²) >= 11 is 0. The Morgan fingerprint density at radius 2 is 2.00 bits per heavy atom. The number of hydrogen-bond donors (Lipinski definition) is 1. The standard InChI is InChI=1S/C9H15NO/c11-10-9-5-4-7-2-1-3-8(7)6-9/h7-8,11H,1-6H2/b10-9+. The van der Waals surface area contributed by atoms with Gasteiger partial charge in [0.15, 0.2) is 0 Å². The summed E-state index contributed by atoms with van der Waals surface area (Å²) in [5, 5.41) is 11.9. The first kappa shape index (κ1) is 7.14. The molecule has 0 aromatic rings. The lowest BCUT2D eigenvalue weighted by Crippen LogP contribution is -2.20. The molecule has 2 rings (SSSR count). The van der Waals surface area contributed by atoms with E-state index in [1.807, 2.05) is 0 Å². The fourth-order valence-electron chi connectivity index (χ4n) is 2.61. The van der Waals surface area contributed by atoms with Gasteiger partial charge in [0.05, 0.1) is 5.71 Å². The number of hydrogen-bond acceptors (Lipinski definition) is 2. The maximum absolute atomic E-state index is 8.60. The molecule has 0 aliphatic heterocycles. The van der Waals surface area contributed by atoms with Crippen LogP contribution in [-0.2, 0) is 0 Å². The second-order valence-corrected chi connectivity index (χ2v) is 3.86. The highest BCUT2D eigenvalue weighted by Gasteiger charge is 2.31. The highest BCUT2D eigenvalue weighted by molar-refractivity contribution is 5.84. The van der Waals surface area contributed by atoms with Crippen LogP contribution in [0.15, 0.2) is 5.16 Å². The summed E-state index contributed by atoms with van der Waals surface area (Å²) in [6.07, 6.45) is 7.56. The van der Waals surface area contributed by atoms with Crippen LogP contribution in [-0.4, -0.2) is 10.9 Å². The molecule has 0 aromatic carbocycles. The average molecular weight is 153 g/mol. The predicted molar refractivity (Wildman–Crippen MR) is 43.9 cm³/mol. The Morgan fingerprint density at radius 3 is 2.82 bits per heavy atom. The molecular formula is C9H15NO. The Hall–Kier alpha value is -0.530. The van der Waals surface area contributed by atoms with E-state index in [4.69, 9.17) is 5.21 Å². The van der Waals surface area contributed by atoms with Gasteiger partial charge in [-0.05, 0) is 37.5 Å². The predicted octanol–water partition coefficient (Wildman–Crippen LogP) is 2.42. The van der Waals surface area contributed by atoms with Crippen LogP contribution in [0, 0.1) is 11.8 Å². The fourth-order valence-corrected chi connectivity index (χ4v) is 2.61. The topological polar surface area (TPSA) is 32.6 Å². The van der Waals surface area contributed by atoms with Crippen molar-refractivity contribution in [3.63, 3.8) is 0 Å². The lowest BCUT2D eigenvalue weighted by Gasteiger charge is -2.25. The fraction of sp³-hybridized carbons (Fsp3) is 0.889. The molecule has 2 unspecified atom stereocenters. The van der Waals surface area contributed by atoms with E-state index in [1.165, 1.54) is 25.7 Å². The van der Waals surface area contributed by atoms with Gasteiger partial charge >= 0.3 is 0 Å². The Labute approximate surface area is 67.3 Å². The zero-order valence-corrected chi connectivity index (χ0v) is 6.79. The average Bonchev–Trinajstić information content (AvgIpc) is 2.50. The van der Waals surface area contributed by atoms with Crippen LogP contribution in [0.4, 0.5) is 0 Å². The number of rotatable bonds is 0. The summed E-state index contributed by atoms with van der Waals surface area (Å²) in [5.74, 6) is 1.81. The lowest BCUT2D eigenvalue weighted by atomic mass is 9.81. The molecule has 2 nitrogen and oxygen atoms in total. The maximum atomic E-state index is 8.60. The van der Waals surface area contributed by atoms with Gasteiger partial charge in [-0.2, -0.15) is 0 Å². The van der Waals surface area contributed by atoms with Crippen LogP contribution >= 0.6 is 0 Å². The summed E-state index contributed by atoms with van der Waals surface area (Å²) in [6, 6.07) is 0. The summed E-state index contributed by atoms with van der Waals surface area (Å²) in [6.45, 7) is 0. The van der Waals surface area contributed by atoms with Crippen molar-refractivity contribution in [1.82, 2.24) is 0 Å². The second-order valence-electron chi connectivity index (χ2n) is 3.86. The van der Waals surface area contributed by atoms with Crippen molar-refractivity contribution in [2.75, 3.05) is 0 Å². The van der Waals surface area contributed by atoms with Gasteiger partial charge in [-0.15, -0.1) is 0 Å². The summed E-state index contributed by atoms with van der Waals surface area (Å²) in [5.41, 5.74) is 1.04. The minimum Gasteiger partial charge on any atom is -0.411 e. The van der Waals surface area contributed by atoms with E-state index < -0.39 is 0 Å². The second kappa shape index (κ2) is 2.84. The molecule has 2 aliphatic carbocycles. The molecule has 0 bridgehead atoms. The first-order valence-corrected chi connectivity index (χ1v) is 4.60. The molecule has 0 heterocycles. The Morgan fingerprint density at radius 1 is 1.18 bits per heavy atom. The largest absolute Gasteiger partial charge is 0.411 e. The number of oxime groups is 1. The van der Waals surface area contributed by atoms with Gasteiger partial charge in [-0.3, -0.25) is 0 Å². The molecule has 0 radical (unpaired) electrons. The molecule has 0 spiro atoms. The minimum absolute atomic E-state index is 0.856. The number of nitrogens with zero attached hydrogens (tertiary/aromatic N) is 1. The lowest BCUT2D eigenvalue weighted by molar-refractivity contribution is 0.298. The van der Waals surface area contributed by atoms with Crippen molar-refractivity contribution in [1.29, 1.82) is 0 Å². The molecule has 2 atom stereocenters. The van der Waals surface area contributed by atoms with Crippen molar-refractivity contribution in [2.45, 2.75) is 38.5 Å². The van der Waals surface area contributed by atoms with E-state index in [0.717, 1.165) is 30.4 Å². The molecule has 1 N–H and O–H groups in total. The number of fused-ring (bicyclic) bond motifs is 1. The molecule has 2 aliphatic rings. The highest BCUT2D eigenvalue weighted by Crippen LogP contribution is 2.40. The van der Waals surface area contributed by atoms with Crippen LogP contribution in [0.5, 0.6) is 0 Å². The summed E-state index contributed by atoms with van der Waals surface area (Å²) in [4.78, 5) is 0. The van der Waals surface area contributed by atoms with E-state index in [-0.39, 0.29) is 0 Å². The Balaban J connectivity index is 2.02. The SMILES string of the molecule is O/N=C1\CCC2CCCC2C1. The Kier molecular flexibility index (Phi) is 1.84. The van der Waals surface area contributed by atoms with Gasteiger partial charge in [0, 0.05) is 0 Å². The van der Waals surface area contributed by atoms with Crippen LogP contribution in [0.25, 0.3) is 0 Å². The molecule has 2 saturated carbocycles. The third-order valence-corrected chi connectivity index (χ3v) is 3.26. The van der Waals surface area contributed by atoms with Gasteiger partial charge < -0.3 is 5.21 Å². The van der Waals surface area contributed by atoms with Crippen LogP contribution in [0.1, 0.15) is 38.5 Å². The molecule has 2 fully saturated rings. The van der Waals surface area contributed by atoms with Crippen LogP contribution < -0.4 is 0 Å². The monoisotopic (exact) mass is 153 g/mol. The summed E-state index contributed by atoms with van der Waals surface area (Å²) < 4.78 is 0. The molecule has 0 amide bonds. The summed E-state index contributed by atoms with van der Waals surface area (Å²) in [7, 11) is 0. The van der Waals surface area contributed by atoms with E-state index in [1.54, 1.807) is 0 Å². The zero-order chi connectivity index (χ0) is 7.68. The third kappa shape index (κ3) is 1.26. The van der Waals surface area contributed by atoms with Gasteiger partial charge in [-0.25, -0.2) is 0 Å². The molecule has 62 valence electrons. The quantitative estimate of drug-likeness (QED) is 0.420. The highest BCUT2D eigenvalue weighted by atomic mass is 16.4. The van der Waals surface area contributed by atoms with Crippen molar-refractivity contribution >= 4 is 5.71 Å². The van der Waals surface area contributed by atoms with Crippen molar-refractivity contribution < 1.29 is 5.21 Å². The molecule has 0 aromatic heterocycles. The van der Waals surface area contributed by atoms with E-state index in [2.05, 4.69) is 5.16 Å². The molecular weight excluding hydrogens is 138 g/mol. The van der Waals surface area contributed by atoms with Crippen LogP contribution in [0.3, 0.4) is 0 Å². The van der Waals surface area contributed by atoms with Crippen LogP contribution in [0.2, 0.25) is 0 Å². The van der Waals surface area contributed by atoms with Crippen molar-refractivity contribution in [3.05, 3.63) is 0 Å². The van der Waals surface area contributed by atoms with E-state index in [9.17, 15) is 0 Å². The Bertz CT molecular complexity index is 176.